The van der Waals surface area contributed by atoms with Crippen LogP contribution in [-0.2, 0) is 0 Å². The fraction of sp³-hybridized carbons (Fsp3) is 0.667. The van der Waals surface area contributed by atoms with Crippen molar-refractivity contribution >= 4 is 0 Å². The summed E-state index contributed by atoms with van der Waals surface area (Å²) in [6.45, 7) is 8.93. The molecule has 0 bridgehead atoms. The average molecular weight is 275 g/mol. The Labute approximate surface area is 123 Å². The van der Waals surface area contributed by atoms with Gasteiger partial charge in [0, 0.05) is 6.04 Å². The lowest BCUT2D eigenvalue weighted by Crippen LogP contribution is -2.46. The van der Waals surface area contributed by atoms with Crippen LogP contribution in [0, 0.1) is 25.7 Å². The van der Waals surface area contributed by atoms with Crippen LogP contribution >= 0.6 is 0 Å². The van der Waals surface area contributed by atoms with Gasteiger partial charge in [0.1, 0.15) is 11.9 Å². The lowest BCUT2D eigenvalue weighted by molar-refractivity contribution is 0.0749. The topological polar surface area (TPSA) is 21.3 Å². The Kier molecular flexibility index (Phi) is 5.09. The Hall–Kier alpha value is -1.02. The third-order valence-electron chi connectivity index (χ3n) is 4.63. The number of likely N-dealkylation sites (N-methyl/N-ethyl adjacent to an activating group) is 1. The summed E-state index contributed by atoms with van der Waals surface area (Å²) in [5.74, 6) is 2.56. The van der Waals surface area contributed by atoms with E-state index in [1.165, 1.54) is 24.0 Å². The Morgan fingerprint density at radius 1 is 1.10 bits per heavy atom. The first-order valence-electron chi connectivity index (χ1n) is 7.91. The molecule has 1 fully saturated rings. The number of benzene rings is 1. The van der Waals surface area contributed by atoms with Gasteiger partial charge < -0.3 is 10.1 Å². The number of nitrogens with one attached hydrogen (secondary N) is 1. The largest absolute Gasteiger partial charge is 0.489 e. The number of aryl methyl sites for hydroxylation is 2. The number of rotatable bonds is 4. The molecule has 1 aromatic rings. The van der Waals surface area contributed by atoms with Crippen molar-refractivity contribution < 1.29 is 4.74 Å². The van der Waals surface area contributed by atoms with Crippen molar-refractivity contribution in [3.05, 3.63) is 29.3 Å². The van der Waals surface area contributed by atoms with Crippen LogP contribution in [0.4, 0.5) is 0 Å². The molecule has 2 nitrogen and oxygen atoms in total. The van der Waals surface area contributed by atoms with E-state index in [4.69, 9.17) is 4.74 Å². The van der Waals surface area contributed by atoms with E-state index in [1.54, 1.807) is 0 Å². The van der Waals surface area contributed by atoms with Crippen molar-refractivity contribution in [3.8, 4) is 5.75 Å². The molecule has 112 valence electrons. The van der Waals surface area contributed by atoms with Crippen molar-refractivity contribution in [2.24, 2.45) is 11.8 Å². The minimum Gasteiger partial charge on any atom is -0.489 e. The summed E-state index contributed by atoms with van der Waals surface area (Å²) in [5.41, 5.74) is 2.55. The van der Waals surface area contributed by atoms with Gasteiger partial charge in [-0.2, -0.15) is 0 Å². The molecule has 1 aromatic carbocycles. The monoisotopic (exact) mass is 275 g/mol. The van der Waals surface area contributed by atoms with E-state index in [1.807, 2.05) is 0 Å². The van der Waals surface area contributed by atoms with Gasteiger partial charge in [-0.1, -0.05) is 19.9 Å². The van der Waals surface area contributed by atoms with Crippen LogP contribution in [0.25, 0.3) is 0 Å². The summed E-state index contributed by atoms with van der Waals surface area (Å²) in [7, 11) is 2.05. The molecule has 2 rings (SSSR count). The second-order valence-corrected chi connectivity index (χ2v) is 6.69. The standard InChI is InChI=1S/C18H29NO/c1-12(2)15-6-7-17(19-5)18(11-15)20-16-9-13(3)8-14(4)10-16/h8-10,12,15,17-19H,6-7,11H2,1-5H3. The maximum atomic E-state index is 6.34. The average Bonchev–Trinajstić information content (AvgIpc) is 2.37. The zero-order valence-corrected chi connectivity index (χ0v) is 13.6. The molecular weight excluding hydrogens is 246 g/mol. The van der Waals surface area contributed by atoms with Crippen molar-refractivity contribution in [1.29, 1.82) is 0 Å². The Morgan fingerprint density at radius 3 is 2.30 bits per heavy atom. The predicted octanol–water partition coefficient (Wildman–Crippen LogP) is 4.09. The van der Waals surface area contributed by atoms with Crippen LogP contribution in [0.1, 0.15) is 44.2 Å². The van der Waals surface area contributed by atoms with Gasteiger partial charge >= 0.3 is 0 Å². The third kappa shape index (κ3) is 3.76. The predicted molar refractivity (Wildman–Crippen MR) is 85.4 cm³/mol. The molecule has 20 heavy (non-hydrogen) atoms. The molecule has 1 aliphatic carbocycles. The first-order chi connectivity index (χ1) is 9.49. The molecule has 0 radical (unpaired) electrons. The van der Waals surface area contributed by atoms with Gasteiger partial charge in [0.2, 0.25) is 0 Å². The second-order valence-electron chi connectivity index (χ2n) is 6.69. The highest BCUT2D eigenvalue weighted by molar-refractivity contribution is 5.33. The quantitative estimate of drug-likeness (QED) is 0.893. The lowest BCUT2D eigenvalue weighted by Gasteiger charge is -2.37. The van der Waals surface area contributed by atoms with Gasteiger partial charge in [-0.05, 0) is 75.3 Å². The van der Waals surface area contributed by atoms with Crippen molar-refractivity contribution in [1.82, 2.24) is 5.32 Å². The van der Waals surface area contributed by atoms with E-state index < -0.39 is 0 Å². The van der Waals surface area contributed by atoms with Crippen LogP contribution in [0.3, 0.4) is 0 Å². The number of hydrogen-bond donors (Lipinski definition) is 1. The highest BCUT2D eigenvalue weighted by Crippen LogP contribution is 2.32. The fourth-order valence-electron chi connectivity index (χ4n) is 3.40. The van der Waals surface area contributed by atoms with E-state index in [2.05, 4.69) is 58.3 Å². The zero-order valence-electron chi connectivity index (χ0n) is 13.6. The molecule has 0 saturated heterocycles. The van der Waals surface area contributed by atoms with Crippen LogP contribution in [0.15, 0.2) is 18.2 Å². The Bertz CT molecular complexity index is 421. The van der Waals surface area contributed by atoms with E-state index >= 15 is 0 Å². The van der Waals surface area contributed by atoms with Crippen molar-refractivity contribution in [3.63, 3.8) is 0 Å². The van der Waals surface area contributed by atoms with E-state index in [0.29, 0.717) is 12.1 Å². The molecule has 3 unspecified atom stereocenters. The highest BCUT2D eigenvalue weighted by atomic mass is 16.5. The number of hydrogen-bond acceptors (Lipinski definition) is 2. The maximum absolute atomic E-state index is 6.34. The van der Waals surface area contributed by atoms with Crippen LogP contribution in [0.2, 0.25) is 0 Å². The zero-order chi connectivity index (χ0) is 14.7. The summed E-state index contributed by atoms with van der Waals surface area (Å²) < 4.78 is 6.34. The molecule has 0 aliphatic heterocycles. The fourth-order valence-corrected chi connectivity index (χ4v) is 3.40. The summed E-state index contributed by atoms with van der Waals surface area (Å²) in [4.78, 5) is 0. The summed E-state index contributed by atoms with van der Waals surface area (Å²) in [5, 5.41) is 3.44. The summed E-state index contributed by atoms with van der Waals surface area (Å²) >= 11 is 0. The molecule has 1 aliphatic rings. The molecule has 1 saturated carbocycles. The van der Waals surface area contributed by atoms with Crippen molar-refractivity contribution in [2.75, 3.05) is 7.05 Å². The van der Waals surface area contributed by atoms with E-state index in [0.717, 1.165) is 24.0 Å². The third-order valence-corrected chi connectivity index (χ3v) is 4.63. The van der Waals surface area contributed by atoms with Gasteiger partial charge in [-0.25, -0.2) is 0 Å². The van der Waals surface area contributed by atoms with Gasteiger partial charge in [-0.3, -0.25) is 0 Å². The molecule has 0 amide bonds. The molecular formula is C18H29NO. The first-order valence-corrected chi connectivity index (χ1v) is 7.91. The maximum Gasteiger partial charge on any atom is 0.120 e. The molecule has 3 atom stereocenters. The van der Waals surface area contributed by atoms with Crippen LogP contribution < -0.4 is 10.1 Å². The summed E-state index contributed by atoms with van der Waals surface area (Å²) in [6.07, 6.45) is 3.99. The Balaban J connectivity index is 2.11. The SMILES string of the molecule is CNC1CCC(C(C)C)CC1Oc1cc(C)cc(C)c1. The molecule has 2 heteroatoms. The smallest absolute Gasteiger partial charge is 0.120 e. The van der Waals surface area contributed by atoms with E-state index in [9.17, 15) is 0 Å². The molecule has 0 aromatic heterocycles. The van der Waals surface area contributed by atoms with Crippen molar-refractivity contribution in [2.45, 2.75) is 59.1 Å². The summed E-state index contributed by atoms with van der Waals surface area (Å²) in [6, 6.07) is 6.98. The first kappa shape index (κ1) is 15.4. The van der Waals surface area contributed by atoms with E-state index in [-0.39, 0.29) is 0 Å². The van der Waals surface area contributed by atoms with Gasteiger partial charge in [0.05, 0.1) is 0 Å². The second kappa shape index (κ2) is 6.62. The van der Waals surface area contributed by atoms with Gasteiger partial charge in [0.25, 0.3) is 0 Å². The molecule has 1 N–H and O–H groups in total. The molecule has 0 heterocycles. The van der Waals surface area contributed by atoms with Crippen LogP contribution in [-0.4, -0.2) is 19.2 Å². The minimum absolute atomic E-state index is 0.294. The van der Waals surface area contributed by atoms with Gasteiger partial charge in [0.15, 0.2) is 0 Å². The lowest BCUT2D eigenvalue weighted by atomic mass is 9.78. The van der Waals surface area contributed by atoms with Crippen LogP contribution in [0.5, 0.6) is 5.75 Å². The van der Waals surface area contributed by atoms with Gasteiger partial charge in [-0.15, -0.1) is 0 Å². The Morgan fingerprint density at radius 2 is 1.75 bits per heavy atom. The molecule has 0 spiro atoms. The minimum atomic E-state index is 0.294. The normalized spacial score (nSPS) is 26.8. The highest BCUT2D eigenvalue weighted by Gasteiger charge is 2.32. The number of ether oxygens (including phenoxy) is 1.